The van der Waals surface area contributed by atoms with Gasteiger partial charge in [-0.05, 0) is 25.3 Å². The van der Waals surface area contributed by atoms with Gasteiger partial charge in [-0.2, -0.15) is 0 Å². The number of aromatic nitrogens is 2. The summed E-state index contributed by atoms with van der Waals surface area (Å²) in [5, 5.41) is 0. The molecule has 1 aromatic carbocycles. The van der Waals surface area contributed by atoms with Crippen LogP contribution in [0.3, 0.4) is 0 Å². The molecule has 0 aliphatic heterocycles. The summed E-state index contributed by atoms with van der Waals surface area (Å²) in [5.41, 5.74) is 8.78. The van der Waals surface area contributed by atoms with Gasteiger partial charge in [0, 0.05) is 31.9 Å². The van der Waals surface area contributed by atoms with Crippen LogP contribution in [0.15, 0.2) is 36.7 Å². The summed E-state index contributed by atoms with van der Waals surface area (Å²) >= 11 is 0. The smallest absolute Gasteiger partial charge is 0.108 e. The van der Waals surface area contributed by atoms with Crippen LogP contribution in [0.25, 0.3) is 0 Å². The summed E-state index contributed by atoms with van der Waals surface area (Å²) in [6.45, 7) is 2.10. The average Bonchev–Trinajstić information content (AvgIpc) is 2.75. The van der Waals surface area contributed by atoms with E-state index < -0.39 is 0 Å². The molecule has 0 saturated heterocycles. The molecule has 0 spiro atoms. The van der Waals surface area contributed by atoms with Crippen LogP contribution in [0.5, 0.6) is 0 Å². The molecule has 2 aromatic rings. The number of benzene rings is 1. The highest BCUT2D eigenvalue weighted by atomic mass is 15.0. The lowest BCUT2D eigenvalue weighted by Gasteiger charge is -2.11. The van der Waals surface area contributed by atoms with E-state index in [9.17, 15) is 0 Å². The molecule has 0 aliphatic rings. The third-order valence-corrected chi connectivity index (χ3v) is 3.28. The molecule has 2 rings (SSSR count). The minimum absolute atomic E-state index is 0.199. The van der Waals surface area contributed by atoms with Crippen molar-refractivity contribution in [1.82, 2.24) is 9.55 Å². The van der Waals surface area contributed by atoms with Crippen molar-refractivity contribution < 1.29 is 0 Å². The minimum atomic E-state index is 0.199. The van der Waals surface area contributed by atoms with Crippen molar-refractivity contribution in [2.75, 3.05) is 0 Å². The van der Waals surface area contributed by atoms with Gasteiger partial charge >= 0.3 is 0 Å². The number of nitrogens with zero attached hydrogens (tertiary/aromatic N) is 2. The Morgan fingerprint density at radius 2 is 2.00 bits per heavy atom. The number of hydrogen-bond acceptors (Lipinski definition) is 2. The van der Waals surface area contributed by atoms with Gasteiger partial charge < -0.3 is 10.3 Å². The SMILES string of the molecule is Cc1ccc(CC(N)CCc2nccn2C)cc1. The Hall–Kier alpha value is -1.61. The second-order valence-electron chi connectivity index (χ2n) is 4.94. The van der Waals surface area contributed by atoms with Crippen LogP contribution in [0.4, 0.5) is 0 Å². The number of rotatable bonds is 5. The van der Waals surface area contributed by atoms with Crippen LogP contribution in [-0.2, 0) is 19.9 Å². The van der Waals surface area contributed by atoms with Crippen molar-refractivity contribution in [3.05, 3.63) is 53.6 Å². The Kier molecular flexibility index (Phi) is 4.15. The largest absolute Gasteiger partial charge is 0.338 e. The molecule has 0 fully saturated rings. The van der Waals surface area contributed by atoms with Crippen LogP contribution in [0.1, 0.15) is 23.4 Å². The highest BCUT2D eigenvalue weighted by molar-refractivity contribution is 5.22. The molecule has 1 atom stereocenters. The molecule has 3 nitrogen and oxygen atoms in total. The molecule has 3 heteroatoms. The van der Waals surface area contributed by atoms with Crippen LogP contribution < -0.4 is 5.73 Å². The lowest BCUT2D eigenvalue weighted by atomic mass is 10.0. The zero-order valence-electron chi connectivity index (χ0n) is 11.1. The summed E-state index contributed by atoms with van der Waals surface area (Å²) in [5.74, 6) is 1.11. The van der Waals surface area contributed by atoms with Crippen LogP contribution in [0, 0.1) is 6.92 Å². The second-order valence-corrected chi connectivity index (χ2v) is 4.94. The van der Waals surface area contributed by atoms with Gasteiger partial charge in [0.1, 0.15) is 5.82 Å². The number of imidazole rings is 1. The number of hydrogen-bond donors (Lipinski definition) is 1. The highest BCUT2D eigenvalue weighted by Gasteiger charge is 2.06. The molecule has 0 radical (unpaired) electrons. The Balaban J connectivity index is 1.83. The monoisotopic (exact) mass is 243 g/mol. The number of nitrogens with two attached hydrogens (primary N) is 1. The predicted molar refractivity (Wildman–Crippen MR) is 74.4 cm³/mol. The minimum Gasteiger partial charge on any atom is -0.338 e. The third-order valence-electron chi connectivity index (χ3n) is 3.28. The zero-order chi connectivity index (χ0) is 13.0. The average molecular weight is 243 g/mol. The van der Waals surface area contributed by atoms with E-state index in [1.165, 1.54) is 11.1 Å². The molecule has 0 saturated carbocycles. The fourth-order valence-corrected chi connectivity index (χ4v) is 2.08. The molecular weight excluding hydrogens is 222 g/mol. The van der Waals surface area contributed by atoms with E-state index in [0.717, 1.165) is 25.1 Å². The normalized spacial score (nSPS) is 12.6. The van der Waals surface area contributed by atoms with E-state index in [2.05, 4.69) is 40.7 Å². The molecule has 1 aromatic heterocycles. The molecule has 1 unspecified atom stereocenters. The van der Waals surface area contributed by atoms with Crippen molar-refractivity contribution in [2.45, 2.75) is 32.2 Å². The van der Waals surface area contributed by atoms with Crippen LogP contribution >= 0.6 is 0 Å². The van der Waals surface area contributed by atoms with Gasteiger partial charge in [-0.1, -0.05) is 29.8 Å². The van der Waals surface area contributed by atoms with Crippen molar-refractivity contribution >= 4 is 0 Å². The lowest BCUT2D eigenvalue weighted by molar-refractivity contribution is 0.589. The first-order chi connectivity index (χ1) is 8.65. The summed E-state index contributed by atoms with van der Waals surface area (Å²) in [6, 6.07) is 8.80. The Labute approximate surface area is 109 Å². The van der Waals surface area contributed by atoms with Crippen molar-refractivity contribution in [3.63, 3.8) is 0 Å². The second kappa shape index (κ2) is 5.83. The standard InChI is InChI=1S/C15H21N3/c1-12-3-5-13(6-4-12)11-14(16)7-8-15-17-9-10-18(15)2/h3-6,9-10,14H,7-8,11,16H2,1-2H3. The van der Waals surface area contributed by atoms with E-state index in [4.69, 9.17) is 5.73 Å². The maximum absolute atomic E-state index is 6.17. The fraction of sp³-hybridized carbons (Fsp3) is 0.400. The van der Waals surface area contributed by atoms with Crippen molar-refractivity contribution in [1.29, 1.82) is 0 Å². The fourth-order valence-electron chi connectivity index (χ4n) is 2.08. The van der Waals surface area contributed by atoms with E-state index in [1.807, 2.05) is 19.4 Å². The van der Waals surface area contributed by atoms with Gasteiger partial charge in [-0.3, -0.25) is 0 Å². The Morgan fingerprint density at radius 1 is 1.28 bits per heavy atom. The van der Waals surface area contributed by atoms with Gasteiger partial charge in [0.15, 0.2) is 0 Å². The summed E-state index contributed by atoms with van der Waals surface area (Å²) in [4.78, 5) is 4.31. The lowest BCUT2D eigenvalue weighted by Crippen LogP contribution is -2.24. The Morgan fingerprint density at radius 3 is 2.61 bits per heavy atom. The van der Waals surface area contributed by atoms with Gasteiger partial charge in [0.2, 0.25) is 0 Å². The summed E-state index contributed by atoms with van der Waals surface area (Å²) in [6.07, 6.45) is 6.65. The van der Waals surface area contributed by atoms with Gasteiger partial charge in [0.25, 0.3) is 0 Å². The predicted octanol–water partition coefficient (Wildman–Crippen LogP) is 2.23. The molecule has 0 amide bonds. The molecule has 0 aliphatic carbocycles. The van der Waals surface area contributed by atoms with Crippen molar-refractivity contribution in [3.8, 4) is 0 Å². The first-order valence-electron chi connectivity index (χ1n) is 6.42. The zero-order valence-corrected chi connectivity index (χ0v) is 11.1. The summed E-state index contributed by atoms with van der Waals surface area (Å²) in [7, 11) is 2.02. The Bertz CT molecular complexity index is 485. The van der Waals surface area contributed by atoms with Gasteiger partial charge in [-0.15, -0.1) is 0 Å². The van der Waals surface area contributed by atoms with Crippen molar-refractivity contribution in [2.24, 2.45) is 12.8 Å². The molecule has 2 N–H and O–H groups in total. The maximum Gasteiger partial charge on any atom is 0.108 e. The van der Waals surface area contributed by atoms with Crippen LogP contribution in [0.2, 0.25) is 0 Å². The molecule has 18 heavy (non-hydrogen) atoms. The quantitative estimate of drug-likeness (QED) is 0.875. The third kappa shape index (κ3) is 3.44. The van der Waals surface area contributed by atoms with E-state index in [-0.39, 0.29) is 6.04 Å². The first-order valence-corrected chi connectivity index (χ1v) is 6.42. The number of aryl methyl sites for hydroxylation is 3. The van der Waals surface area contributed by atoms with E-state index in [1.54, 1.807) is 0 Å². The first kappa shape index (κ1) is 12.8. The highest BCUT2D eigenvalue weighted by Crippen LogP contribution is 2.09. The van der Waals surface area contributed by atoms with Crippen LogP contribution in [-0.4, -0.2) is 15.6 Å². The summed E-state index contributed by atoms with van der Waals surface area (Å²) < 4.78 is 2.05. The topological polar surface area (TPSA) is 43.8 Å². The van der Waals surface area contributed by atoms with Gasteiger partial charge in [0.05, 0.1) is 0 Å². The molecular formula is C15H21N3. The van der Waals surface area contributed by atoms with E-state index in [0.29, 0.717) is 0 Å². The maximum atomic E-state index is 6.17. The van der Waals surface area contributed by atoms with Gasteiger partial charge in [-0.25, -0.2) is 4.98 Å². The molecule has 1 heterocycles. The molecule has 0 bridgehead atoms. The van der Waals surface area contributed by atoms with E-state index >= 15 is 0 Å². The molecule has 96 valence electrons.